The molecule has 1 aromatic carbocycles. The summed E-state index contributed by atoms with van der Waals surface area (Å²) in [7, 11) is 1.33. The molecule has 10 nitrogen and oxygen atoms in total. The van der Waals surface area contributed by atoms with Gasteiger partial charge >= 0.3 is 12.3 Å². The molecule has 0 unspecified atom stereocenters. The second kappa shape index (κ2) is 11.6. The summed E-state index contributed by atoms with van der Waals surface area (Å²) in [5.41, 5.74) is 5.29. The predicted molar refractivity (Wildman–Crippen MR) is 142 cm³/mol. The van der Waals surface area contributed by atoms with E-state index in [1.54, 1.807) is 13.0 Å². The monoisotopic (exact) mass is 575 g/mol. The summed E-state index contributed by atoms with van der Waals surface area (Å²) < 4.78 is 56.5. The van der Waals surface area contributed by atoms with Crippen molar-refractivity contribution in [3.05, 3.63) is 41.4 Å². The van der Waals surface area contributed by atoms with Gasteiger partial charge in [0.2, 0.25) is 5.89 Å². The maximum absolute atomic E-state index is 13.3. The second-order valence-corrected chi connectivity index (χ2v) is 10.6. The van der Waals surface area contributed by atoms with E-state index in [0.29, 0.717) is 30.3 Å². The minimum Gasteiger partial charge on any atom is -0.494 e. The molecule has 13 heteroatoms. The number of methoxy groups -OCH3 is 1. The Morgan fingerprint density at radius 2 is 1.88 bits per heavy atom. The van der Waals surface area contributed by atoms with E-state index < -0.39 is 29.9 Å². The van der Waals surface area contributed by atoms with Crippen molar-refractivity contribution in [2.24, 2.45) is 11.7 Å². The zero-order valence-electron chi connectivity index (χ0n) is 22.7. The second-order valence-electron chi connectivity index (χ2n) is 10.6. The van der Waals surface area contributed by atoms with Crippen LogP contribution in [0, 0.1) is 5.92 Å². The van der Waals surface area contributed by atoms with Gasteiger partial charge in [0, 0.05) is 23.5 Å². The first-order chi connectivity index (χ1) is 19.5. The number of nitrogens with two attached hydrogens (primary N) is 1. The number of aromatic nitrogens is 2. The van der Waals surface area contributed by atoms with E-state index in [4.69, 9.17) is 19.6 Å². The van der Waals surface area contributed by atoms with Gasteiger partial charge < -0.3 is 30.3 Å². The van der Waals surface area contributed by atoms with Gasteiger partial charge in [-0.1, -0.05) is 12.8 Å². The molecule has 5 rings (SSSR count). The number of nitrogens with zero attached hydrogens (tertiary/aromatic N) is 2. The summed E-state index contributed by atoms with van der Waals surface area (Å²) in [5, 5.41) is 6.05. The molecule has 220 valence electrons. The van der Waals surface area contributed by atoms with Crippen LogP contribution in [-0.2, 0) is 10.9 Å². The third-order valence-electron chi connectivity index (χ3n) is 7.54. The van der Waals surface area contributed by atoms with Crippen molar-refractivity contribution >= 4 is 22.9 Å². The summed E-state index contributed by atoms with van der Waals surface area (Å²) in [6.45, 7) is 1.98. The fourth-order valence-corrected chi connectivity index (χ4v) is 5.30. The number of alkyl halides is 3. The average molecular weight is 576 g/mol. The summed E-state index contributed by atoms with van der Waals surface area (Å²) in [6.07, 6.45) is 0.233. The molecule has 2 amide bonds. The first-order valence-corrected chi connectivity index (χ1v) is 13.6. The lowest BCUT2D eigenvalue weighted by molar-refractivity contribution is -0.140. The Kier molecular flexibility index (Phi) is 8.07. The minimum absolute atomic E-state index is 0.0121. The van der Waals surface area contributed by atoms with E-state index in [1.165, 1.54) is 19.2 Å². The van der Waals surface area contributed by atoms with Crippen LogP contribution in [0.3, 0.4) is 0 Å². The van der Waals surface area contributed by atoms with Crippen molar-refractivity contribution in [2.45, 2.75) is 69.8 Å². The molecule has 2 aromatic heterocycles. The van der Waals surface area contributed by atoms with E-state index in [-0.39, 0.29) is 46.7 Å². The molecule has 2 saturated carbocycles. The normalized spacial score (nSPS) is 20.0. The first kappa shape index (κ1) is 28.7. The van der Waals surface area contributed by atoms with Gasteiger partial charge in [-0.2, -0.15) is 13.2 Å². The van der Waals surface area contributed by atoms with Crippen LogP contribution in [0.4, 0.5) is 18.0 Å². The van der Waals surface area contributed by atoms with Crippen molar-refractivity contribution in [1.82, 2.24) is 20.6 Å². The van der Waals surface area contributed by atoms with E-state index in [2.05, 4.69) is 20.6 Å². The molecule has 1 atom stereocenters. The number of oxazole rings is 1. The van der Waals surface area contributed by atoms with Gasteiger partial charge in [-0.3, -0.25) is 4.79 Å². The maximum Gasteiger partial charge on any atom is 0.433 e. The standard InChI is InChI=1S/C28H32F3N5O5/c1-14(32)24-23(25(37)33-13-15-11-17(12-15)40-27(38)34-16-5-3-4-6-16)36-26(41-24)19-7-9-20(39-2)22-18(19)8-10-21(35-22)28(29,30)31/h7-10,14-17H,3-6,11-13,32H2,1-2H3,(H,33,37)(H,34,38)/t14-,15-,17+/m0/s1. The third-order valence-corrected chi connectivity index (χ3v) is 7.54. The minimum atomic E-state index is -4.64. The van der Waals surface area contributed by atoms with Gasteiger partial charge in [0.25, 0.3) is 5.91 Å². The highest BCUT2D eigenvalue weighted by atomic mass is 19.4. The van der Waals surface area contributed by atoms with Crippen LogP contribution in [0.15, 0.2) is 28.7 Å². The molecule has 41 heavy (non-hydrogen) atoms. The number of hydrogen-bond acceptors (Lipinski definition) is 8. The Morgan fingerprint density at radius 3 is 2.54 bits per heavy atom. The number of rotatable bonds is 8. The van der Waals surface area contributed by atoms with Crippen LogP contribution in [0.5, 0.6) is 5.75 Å². The third kappa shape index (κ3) is 6.24. The van der Waals surface area contributed by atoms with Gasteiger partial charge in [0.1, 0.15) is 23.1 Å². The molecule has 2 fully saturated rings. The molecule has 2 aliphatic rings. The van der Waals surface area contributed by atoms with Crippen molar-refractivity contribution < 1.29 is 36.7 Å². The summed E-state index contributed by atoms with van der Waals surface area (Å²) >= 11 is 0. The lowest BCUT2D eigenvalue weighted by Crippen LogP contribution is -2.43. The van der Waals surface area contributed by atoms with Crippen LogP contribution in [0.2, 0.25) is 0 Å². The van der Waals surface area contributed by atoms with Crippen LogP contribution in [0.25, 0.3) is 22.4 Å². The number of pyridine rings is 1. The van der Waals surface area contributed by atoms with Crippen LogP contribution in [0.1, 0.15) is 73.4 Å². The number of benzene rings is 1. The van der Waals surface area contributed by atoms with E-state index in [1.807, 2.05) is 0 Å². The molecule has 0 spiro atoms. The largest absolute Gasteiger partial charge is 0.494 e. The summed E-state index contributed by atoms with van der Waals surface area (Å²) in [6, 6.07) is 4.67. The van der Waals surface area contributed by atoms with Crippen LogP contribution >= 0.6 is 0 Å². The van der Waals surface area contributed by atoms with Gasteiger partial charge in [-0.15, -0.1) is 0 Å². The van der Waals surface area contributed by atoms with Crippen molar-refractivity contribution in [1.29, 1.82) is 0 Å². The number of hydrogen-bond donors (Lipinski definition) is 3. The smallest absolute Gasteiger partial charge is 0.433 e. The Hall–Kier alpha value is -3.87. The Labute approximate surface area is 234 Å². The fourth-order valence-electron chi connectivity index (χ4n) is 5.30. The van der Waals surface area contributed by atoms with Gasteiger partial charge in [0.05, 0.1) is 13.2 Å². The molecule has 0 bridgehead atoms. The molecule has 0 aliphatic heterocycles. The summed E-state index contributed by atoms with van der Waals surface area (Å²) in [5.74, 6) is -0.0638. The molecule has 0 radical (unpaired) electrons. The highest BCUT2D eigenvalue weighted by Gasteiger charge is 2.35. The number of carbonyl (C=O) groups is 2. The van der Waals surface area contributed by atoms with Crippen LogP contribution in [-0.4, -0.2) is 47.8 Å². The number of fused-ring (bicyclic) bond motifs is 1. The topological polar surface area (TPSA) is 142 Å². The zero-order valence-corrected chi connectivity index (χ0v) is 22.7. The summed E-state index contributed by atoms with van der Waals surface area (Å²) in [4.78, 5) is 33.3. The van der Waals surface area contributed by atoms with Crippen molar-refractivity contribution in [2.75, 3.05) is 13.7 Å². The molecule has 2 aliphatic carbocycles. The number of alkyl carbamates (subject to hydrolysis) is 1. The molecule has 3 aromatic rings. The number of amides is 2. The van der Waals surface area contributed by atoms with E-state index in [0.717, 1.165) is 31.7 Å². The van der Waals surface area contributed by atoms with Crippen molar-refractivity contribution in [3.63, 3.8) is 0 Å². The SMILES string of the molecule is COc1ccc(-c2nc(C(=O)NC[C@H]3C[C@@H](OC(=O)NC4CCCC4)C3)c([C@H](C)N)o2)c2ccc(C(F)(F)F)nc12. The molecule has 0 saturated heterocycles. The van der Waals surface area contributed by atoms with Crippen LogP contribution < -0.4 is 21.1 Å². The Morgan fingerprint density at radius 1 is 1.15 bits per heavy atom. The maximum atomic E-state index is 13.3. The lowest BCUT2D eigenvalue weighted by Gasteiger charge is -2.34. The van der Waals surface area contributed by atoms with Gasteiger partial charge in [-0.25, -0.2) is 14.8 Å². The molecular formula is C28H32F3N5O5. The van der Waals surface area contributed by atoms with Gasteiger partial charge in [0.15, 0.2) is 11.5 Å². The van der Waals surface area contributed by atoms with E-state index in [9.17, 15) is 22.8 Å². The molecular weight excluding hydrogens is 543 g/mol. The van der Waals surface area contributed by atoms with Gasteiger partial charge in [-0.05, 0) is 62.8 Å². The highest BCUT2D eigenvalue weighted by molar-refractivity contribution is 5.98. The Balaban J connectivity index is 1.27. The van der Waals surface area contributed by atoms with Crippen molar-refractivity contribution in [3.8, 4) is 17.2 Å². The average Bonchev–Trinajstić information content (AvgIpc) is 3.58. The number of nitrogens with one attached hydrogen (secondary N) is 2. The van der Waals surface area contributed by atoms with E-state index >= 15 is 0 Å². The number of ether oxygens (including phenoxy) is 2. The predicted octanol–water partition coefficient (Wildman–Crippen LogP) is 5.11. The Bertz CT molecular complexity index is 1430. The highest BCUT2D eigenvalue weighted by Crippen LogP contribution is 2.37. The molecule has 4 N–H and O–H groups in total. The molecule has 2 heterocycles. The number of carbonyl (C=O) groups excluding carboxylic acids is 2. The quantitative estimate of drug-likeness (QED) is 0.336. The fraction of sp³-hybridized carbons (Fsp3) is 0.500. The first-order valence-electron chi connectivity index (χ1n) is 13.6. The number of halogens is 3. The zero-order chi connectivity index (χ0) is 29.3. The lowest BCUT2D eigenvalue weighted by atomic mass is 9.82.